The molecule has 2 N–H and O–H groups in total. The van der Waals surface area contributed by atoms with Gasteiger partial charge in [-0.1, -0.05) is 11.6 Å². The van der Waals surface area contributed by atoms with E-state index in [0.29, 0.717) is 10.4 Å². The second-order valence-corrected chi connectivity index (χ2v) is 14.3. The summed E-state index contributed by atoms with van der Waals surface area (Å²) in [6.45, 7) is 1.44. The van der Waals surface area contributed by atoms with Gasteiger partial charge in [-0.3, -0.25) is 9.52 Å². The van der Waals surface area contributed by atoms with E-state index in [1.165, 1.54) is 24.3 Å². The van der Waals surface area contributed by atoms with Crippen LogP contribution in [-0.2, 0) is 26.5 Å². The summed E-state index contributed by atoms with van der Waals surface area (Å²) in [5.74, 6) is -1.99. The smallest absolute Gasteiger partial charge is 0.265 e. The second-order valence-electron chi connectivity index (χ2n) is 9.04. The summed E-state index contributed by atoms with van der Waals surface area (Å²) in [4.78, 5) is 17.7. The lowest BCUT2D eigenvalue weighted by molar-refractivity contribution is 0.103. The topological polar surface area (TPSA) is 132 Å². The third-order valence-corrected chi connectivity index (χ3v) is 8.55. The number of benzene rings is 2. The van der Waals surface area contributed by atoms with Crippen molar-refractivity contribution in [2.24, 2.45) is 0 Å². The van der Waals surface area contributed by atoms with E-state index >= 15 is 0 Å². The molecule has 0 saturated heterocycles. The Bertz CT molecular complexity index is 1880. The van der Waals surface area contributed by atoms with Crippen molar-refractivity contribution in [2.45, 2.75) is 18.4 Å². The van der Waals surface area contributed by atoms with Gasteiger partial charge in [-0.15, -0.1) is 11.3 Å². The number of nitrogens with one attached hydrogen (secondary N) is 2. The van der Waals surface area contributed by atoms with Gasteiger partial charge < -0.3 is 10.1 Å². The molecule has 0 aliphatic heterocycles. The minimum atomic E-state index is -3.68. The van der Waals surface area contributed by atoms with Gasteiger partial charge in [0.25, 0.3) is 5.91 Å². The number of carbonyl (C=O) groups is 1. The van der Waals surface area contributed by atoms with Gasteiger partial charge in [0.2, 0.25) is 10.0 Å². The summed E-state index contributed by atoms with van der Waals surface area (Å²) in [5, 5.41) is 2.86. The number of hydrogen-bond acceptors (Lipinski definition) is 8. The Morgan fingerprint density at radius 3 is 2.37 bits per heavy atom. The van der Waals surface area contributed by atoms with E-state index in [-0.39, 0.29) is 49.8 Å². The third kappa shape index (κ3) is 8.00. The Balaban J connectivity index is 1.60. The van der Waals surface area contributed by atoms with Crippen LogP contribution in [0.25, 0.3) is 10.6 Å². The molecule has 0 spiro atoms. The molecule has 216 valence electrons. The van der Waals surface area contributed by atoms with Gasteiger partial charge in [-0.2, -0.15) is 0 Å². The Labute approximate surface area is 244 Å². The first-order chi connectivity index (χ1) is 19.1. The van der Waals surface area contributed by atoms with Gasteiger partial charge in [0.15, 0.2) is 9.84 Å². The first-order valence-electron chi connectivity index (χ1n) is 11.6. The molecule has 0 bridgehead atoms. The SMILES string of the molecule is Cc1cc(C(=O)Nc2cc(Cl)cc(NS(C)(=O)=O)c2)sc1-c1ncc(F)cc1OCc1cc(F)cc(S(C)(=O)=O)c1. The zero-order valence-electron chi connectivity index (χ0n) is 21.7. The number of sulfonamides is 1. The van der Waals surface area contributed by atoms with Crippen LogP contribution in [0.15, 0.2) is 59.6 Å². The zero-order valence-corrected chi connectivity index (χ0v) is 24.9. The number of carbonyl (C=O) groups excluding carboxylic acids is 1. The number of nitrogens with zero attached hydrogens (tertiary/aromatic N) is 1. The van der Waals surface area contributed by atoms with Crippen molar-refractivity contribution in [3.63, 3.8) is 0 Å². The Kier molecular flexibility index (Phi) is 8.68. The van der Waals surface area contributed by atoms with Crippen LogP contribution < -0.4 is 14.8 Å². The summed E-state index contributed by atoms with van der Waals surface area (Å²) >= 11 is 7.12. The van der Waals surface area contributed by atoms with E-state index < -0.39 is 37.4 Å². The average Bonchev–Trinajstić information content (AvgIpc) is 3.22. The highest BCUT2D eigenvalue weighted by Crippen LogP contribution is 2.38. The summed E-state index contributed by atoms with van der Waals surface area (Å²) in [6, 6.07) is 10.2. The van der Waals surface area contributed by atoms with Crippen molar-refractivity contribution in [1.82, 2.24) is 4.98 Å². The maximum Gasteiger partial charge on any atom is 0.265 e. The maximum absolute atomic E-state index is 14.1. The molecule has 0 aliphatic carbocycles. The van der Waals surface area contributed by atoms with Crippen molar-refractivity contribution in [3.8, 4) is 16.3 Å². The normalized spacial score (nSPS) is 11.8. The van der Waals surface area contributed by atoms with Crippen LogP contribution in [-0.4, -0.2) is 40.2 Å². The fourth-order valence-electron chi connectivity index (χ4n) is 3.74. The fourth-order valence-corrected chi connectivity index (χ4v) is 6.28. The molecule has 0 unspecified atom stereocenters. The first kappa shape index (κ1) is 30.4. The van der Waals surface area contributed by atoms with E-state index in [1.54, 1.807) is 13.0 Å². The number of anilines is 2. The highest BCUT2D eigenvalue weighted by Gasteiger charge is 2.20. The van der Waals surface area contributed by atoms with Crippen LogP contribution in [0.4, 0.5) is 20.2 Å². The van der Waals surface area contributed by atoms with E-state index in [0.717, 1.165) is 48.2 Å². The molecule has 1 amide bonds. The highest BCUT2D eigenvalue weighted by molar-refractivity contribution is 7.92. The van der Waals surface area contributed by atoms with Crippen molar-refractivity contribution in [2.75, 3.05) is 22.6 Å². The zero-order chi connectivity index (χ0) is 30.1. The van der Waals surface area contributed by atoms with Crippen LogP contribution >= 0.6 is 22.9 Å². The molecule has 9 nitrogen and oxygen atoms in total. The summed E-state index contributed by atoms with van der Waals surface area (Å²) in [6.07, 6.45) is 2.91. The number of pyridine rings is 1. The summed E-state index contributed by atoms with van der Waals surface area (Å²) < 4.78 is 83.0. The van der Waals surface area contributed by atoms with Crippen LogP contribution in [0.3, 0.4) is 0 Å². The number of aromatic nitrogens is 1. The number of hydrogen-bond donors (Lipinski definition) is 2. The molecule has 4 aromatic rings. The lowest BCUT2D eigenvalue weighted by Gasteiger charge is -2.12. The molecule has 0 saturated carbocycles. The van der Waals surface area contributed by atoms with Crippen LogP contribution in [0, 0.1) is 18.6 Å². The quantitative estimate of drug-likeness (QED) is 0.241. The number of rotatable bonds is 9. The summed E-state index contributed by atoms with van der Waals surface area (Å²) in [5.41, 5.74) is 1.45. The average molecular weight is 642 g/mol. The predicted molar refractivity (Wildman–Crippen MR) is 154 cm³/mol. The molecular formula is C26H22ClF2N3O6S3. The van der Waals surface area contributed by atoms with Crippen LogP contribution in [0.5, 0.6) is 5.75 Å². The number of ether oxygens (including phenoxy) is 1. The van der Waals surface area contributed by atoms with Gasteiger partial charge in [-0.25, -0.2) is 30.6 Å². The van der Waals surface area contributed by atoms with Crippen molar-refractivity contribution < 1.29 is 35.1 Å². The number of amides is 1. The van der Waals surface area contributed by atoms with E-state index in [4.69, 9.17) is 16.3 Å². The molecule has 0 atom stereocenters. The second kappa shape index (κ2) is 11.7. The summed E-state index contributed by atoms with van der Waals surface area (Å²) in [7, 11) is -7.25. The molecule has 0 fully saturated rings. The third-order valence-electron chi connectivity index (χ3n) is 5.39. The molecule has 0 aliphatic rings. The Morgan fingerprint density at radius 2 is 1.68 bits per heavy atom. The molecule has 2 aromatic carbocycles. The monoisotopic (exact) mass is 641 g/mol. The van der Waals surface area contributed by atoms with Crippen molar-refractivity contribution in [3.05, 3.63) is 87.4 Å². The highest BCUT2D eigenvalue weighted by atomic mass is 35.5. The van der Waals surface area contributed by atoms with Crippen molar-refractivity contribution in [1.29, 1.82) is 0 Å². The molecular weight excluding hydrogens is 620 g/mol. The minimum Gasteiger partial charge on any atom is -0.486 e. The lowest BCUT2D eigenvalue weighted by atomic mass is 10.2. The van der Waals surface area contributed by atoms with Gasteiger partial charge in [-0.05, 0) is 60.5 Å². The first-order valence-corrected chi connectivity index (χ1v) is 16.5. The van der Waals surface area contributed by atoms with Gasteiger partial charge in [0.05, 0.1) is 32.8 Å². The van der Waals surface area contributed by atoms with E-state index in [9.17, 15) is 30.4 Å². The maximum atomic E-state index is 14.1. The lowest BCUT2D eigenvalue weighted by Crippen LogP contribution is -2.12. The van der Waals surface area contributed by atoms with E-state index in [1.807, 2.05) is 0 Å². The van der Waals surface area contributed by atoms with Gasteiger partial charge in [0, 0.05) is 23.0 Å². The van der Waals surface area contributed by atoms with Gasteiger partial charge >= 0.3 is 0 Å². The molecule has 15 heteroatoms. The number of halogens is 3. The molecule has 0 radical (unpaired) electrons. The molecule has 2 heterocycles. The Hall–Kier alpha value is -3.59. The minimum absolute atomic E-state index is 0.00147. The van der Waals surface area contributed by atoms with E-state index in [2.05, 4.69) is 15.0 Å². The molecule has 2 aromatic heterocycles. The fraction of sp³-hybridized carbons (Fsp3) is 0.154. The predicted octanol–water partition coefficient (Wildman–Crippen LogP) is 5.66. The number of aryl methyl sites for hydroxylation is 1. The largest absolute Gasteiger partial charge is 0.486 e. The van der Waals surface area contributed by atoms with Crippen LogP contribution in [0.1, 0.15) is 20.8 Å². The van der Waals surface area contributed by atoms with Crippen molar-refractivity contribution >= 4 is 60.1 Å². The van der Waals surface area contributed by atoms with Crippen LogP contribution in [0.2, 0.25) is 5.02 Å². The number of sulfone groups is 1. The molecule has 41 heavy (non-hydrogen) atoms. The molecule has 4 rings (SSSR count). The van der Waals surface area contributed by atoms with Gasteiger partial charge in [0.1, 0.15) is 29.7 Å². The number of thiophene rings is 1. The Morgan fingerprint density at radius 1 is 0.976 bits per heavy atom. The standard InChI is InChI=1S/C26H22ClF2N3O6S3/c1-14-4-23(26(33)31-19-7-16(27)8-20(11-19)32-41(3,36)37)39-25(14)24-22(10-18(29)12-30-24)38-13-15-5-17(28)9-21(6-15)40(2,34)35/h4-12,32H,13H2,1-3H3,(H,31,33).